The summed E-state index contributed by atoms with van der Waals surface area (Å²) in [6, 6.07) is 0. The molecule has 0 saturated carbocycles. The summed E-state index contributed by atoms with van der Waals surface area (Å²) in [4.78, 5) is 13.6. The SMILES string of the molecule is CCCCOCCOCCOCCNCc1csc(=O)[nH]1. The number of H-pyrrole nitrogens is 1. The predicted octanol–water partition coefficient (Wildman–Crippen LogP) is 1.38. The molecule has 0 aliphatic rings. The number of unbranched alkanes of at least 4 members (excludes halogenated alkanes) is 1. The first kappa shape index (κ1) is 18.3. The van der Waals surface area contributed by atoms with E-state index in [-0.39, 0.29) is 4.87 Å². The van der Waals surface area contributed by atoms with Crippen molar-refractivity contribution in [1.82, 2.24) is 10.3 Å². The molecule has 0 radical (unpaired) electrons. The van der Waals surface area contributed by atoms with E-state index in [0.29, 0.717) is 39.6 Å². The van der Waals surface area contributed by atoms with Gasteiger partial charge in [0.25, 0.3) is 0 Å². The maximum Gasteiger partial charge on any atom is 0.304 e. The van der Waals surface area contributed by atoms with Gasteiger partial charge >= 0.3 is 4.87 Å². The molecule has 1 aromatic heterocycles. The molecule has 0 amide bonds. The van der Waals surface area contributed by atoms with E-state index in [2.05, 4.69) is 17.2 Å². The average molecular weight is 318 g/mol. The lowest BCUT2D eigenvalue weighted by atomic mass is 10.4. The van der Waals surface area contributed by atoms with E-state index >= 15 is 0 Å². The third-order valence-corrected chi connectivity index (χ3v) is 3.41. The standard InChI is InChI=1S/C14H26N2O4S/c1-2-3-5-18-7-9-20-10-8-19-6-4-15-11-13-12-21-14(17)16-13/h12,15H,2-11H2,1H3,(H,16,17). The van der Waals surface area contributed by atoms with Crippen LogP contribution in [0.4, 0.5) is 0 Å². The minimum Gasteiger partial charge on any atom is -0.379 e. The van der Waals surface area contributed by atoms with Crippen LogP contribution in [0, 0.1) is 0 Å². The summed E-state index contributed by atoms with van der Waals surface area (Å²) in [5.41, 5.74) is 0.913. The second-order valence-electron chi connectivity index (χ2n) is 4.54. The van der Waals surface area contributed by atoms with Crippen molar-refractivity contribution in [2.75, 3.05) is 46.2 Å². The second kappa shape index (κ2) is 13.0. The zero-order valence-corrected chi connectivity index (χ0v) is 13.5. The van der Waals surface area contributed by atoms with E-state index in [9.17, 15) is 4.79 Å². The monoisotopic (exact) mass is 318 g/mol. The normalized spacial score (nSPS) is 11.1. The van der Waals surface area contributed by atoms with E-state index in [1.54, 1.807) is 0 Å². The third-order valence-electron chi connectivity index (χ3n) is 2.70. The van der Waals surface area contributed by atoms with Gasteiger partial charge in [0.05, 0.1) is 33.0 Å². The van der Waals surface area contributed by atoms with Gasteiger partial charge in [-0.3, -0.25) is 4.79 Å². The van der Waals surface area contributed by atoms with Crippen molar-refractivity contribution in [2.24, 2.45) is 0 Å². The fraction of sp³-hybridized carbons (Fsp3) is 0.786. The molecular weight excluding hydrogens is 292 g/mol. The molecule has 0 unspecified atom stereocenters. The number of rotatable bonds is 14. The summed E-state index contributed by atoms with van der Waals surface area (Å²) in [6.07, 6.45) is 2.26. The first-order valence-electron chi connectivity index (χ1n) is 7.43. The lowest BCUT2D eigenvalue weighted by Crippen LogP contribution is -2.21. The molecule has 0 saturated heterocycles. The smallest absolute Gasteiger partial charge is 0.304 e. The molecule has 21 heavy (non-hydrogen) atoms. The van der Waals surface area contributed by atoms with Gasteiger partial charge in [0, 0.05) is 30.8 Å². The molecule has 1 heterocycles. The summed E-state index contributed by atoms with van der Waals surface area (Å²) >= 11 is 1.18. The van der Waals surface area contributed by atoms with Crippen molar-refractivity contribution in [2.45, 2.75) is 26.3 Å². The van der Waals surface area contributed by atoms with Gasteiger partial charge in [-0.2, -0.15) is 0 Å². The van der Waals surface area contributed by atoms with Crippen molar-refractivity contribution in [3.63, 3.8) is 0 Å². The number of hydrogen-bond donors (Lipinski definition) is 2. The molecule has 0 aliphatic carbocycles. The van der Waals surface area contributed by atoms with Gasteiger partial charge in [0.2, 0.25) is 0 Å². The van der Waals surface area contributed by atoms with Gasteiger partial charge in [-0.25, -0.2) is 0 Å². The zero-order valence-electron chi connectivity index (χ0n) is 12.7. The van der Waals surface area contributed by atoms with Gasteiger partial charge in [-0.05, 0) is 6.42 Å². The Morgan fingerprint density at radius 3 is 2.38 bits per heavy atom. The largest absolute Gasteiger partial charge is 0.379 e. The number of aromatic amines is 1. The zero-order chi connectivity index (χ0) is 15.2. The second-order valence-corrected chi connectivity index (χ2v) is 5.38. The molecule has 6 nitrogen and oxygen atoms in total. The first-order chi connectivity index (χ1) is 10.3. The lowest BCUT2D eigenvalue weighted by molar-refractivity contribution is 0.0146. The summed E-state index contributed by atoms with van der Waals surface area (Å²) in [5, 5.41) is 5.02. The molecule has 122 valence electrons. The van der Waals surface area contributed by atoms with E-state index < -0.39 is 0 Å². The molecule has 0 fully saturated rings. The highest BCUT2D eigenvalue weighted by molar-refractivity contribution is 7.07. The van der Waals surface area contributed by atoms with Crippen molar-refractivity contribution < 1.29 is 14.2 Å². The summed E-state index contributed by atoms with van der Waals surface area (Å²) in [5.74, 6) is 0. The lowest BCUT2D eigenvalue weighted by Gasteiger charge is -2.07. The van der Waals surface area contributed by atoms with Crippen molar-refractivity contribution in [1.29, 1.82) is 0 Å². The van der Waals surface area contributed by atoms with Gasteiger partial charge in [0.15, 0.2) is 0 Å². The topological polar surface area (TPSA) is 72.6 Å². The van der Waals surface area contributed by atoms with Crippen LogP contribution in [0.3, 0.4) is 0 Å². The molecule has 0 atom stereocenters. The Morgan fingerprint density at radius 1 is 1.10 bits per heavy atom. The molecule has 1 aromatic rings. The fourth-order valence-electron chi connectivity index (χ4n) is 1.56. The summed E-state index contributed by atoms with van der Waals surface area (Å²) in [6.45, 7) is 7.46. The van der Waals surface area contributed by atoms with Gasteiger partial charge in [-0.15, -0.1) is 0 Å². The minimum atomic E-state index is -0.0149. The van der Waals surface area contributed by atoms with E-state index in [1.165, 1.54) is 11.3 Å². The highest BCUT2D eigenvalue weighted by Crippen LogP contribution is 1.93. The van der Waals surface area contributed by atoms with Crippen molar-refractivity contribution in [3.05, 3.63) is 20.7 Å². The summed E-state index contributed by atoms with van der Waals surface area (Å²) in [7, 11) is 0. The quantitative estimate of drug-likeness (QED) is 0.507. The van der Waals surface area contributed by atoms with Crippen LogP contribution in [0.15, 0.2) is 10.2 Å². The maximum atomic E-state index is 10.9. The van der Waals surface area contributed by atoms with Crippen molar-refractivity contribution in [3.8, 4) is 0 Å². The average Bonchev–Trinajstić information content (AvgIpc) is 2.89. The Bertz CT molecular complexity index is 394. The van der Waals surface area contributed by atoms with Crippen LogP contribution in [0.5, 0.6) is 0 Å². The molecule has 0 spiro atoms. The summed E-state index contributed by atoms with van der Waals surface area (Å²) < 4.78 is 16.2. The molecular formula is C14H26N2O4S. The third kappa shape index (κ3) is 10.6. The maximum absolute atomic E-state index is 10.9. The molecule has 2 N–H and O–H groups in total. The van der Waals surface area contributed by atoms with Crippen LogP contribution < -0.4 is 10.2 Å². The highest BCUT2D eigenvalue weighted by atomic mass is 32.1. The molecule has 0 aliphatic heterocycles. The van der Waals surface area contributed by atoms with Crippen molar-refractivity contribution >= 4 is 11.3 Å². The van der Waals surface area contributed by atoms with Crippen LogP contribution in [0.25, 0.3) is 0 Å². The van der Waals surface area contributed by atoms with Crippen LogP contribution in [-0.2, 0) is 20.8 Å². The van der Waals surface area contributed by atoms with Gasteiger partial charge in [0.1, 0.15) is 0 Å². The number of thiazole rings is 1. The molecule has 1 rings (SSSR count). The van der Waals surface area contributed by atoms with Crippen LogP contribution in [-0.4, -0.2) is 51.2 Å². The number of ether oxygens (including phenoxy) is 3. The number of hydrogen-bond acceptors (Lipinski definition) is 6. The Kier molecular flexibility index (Phi) is 11.3. The van der Waals surface area contributed by atoms with E-state index in [0.717, 1.165) is 31.7 Å². The van der Waals surface area contributed by atoms with Crippen LogP contribution >= 0.6 is 11.3 Å². The predicted molar refractivity (Wildman–Crippen MR) is 84.0 cm³/mol. The van der Waals surface area contributed by atoms with Crippen LogP contribution in [0.1, 0.15) is 25.5 Å². The number of aromatic nitrogens is 1. The Balaban J connectivity index is 1.75. The minimum absolute atomic E-state index is 0.0149. The molecule has 0 aromatic carbocycles. The van der Waals surface area contributed by atoms with Crippen LogP contribution in [0.2, 0.25) is 0 Å². The van der Waals surface area contributed by atoms with Gasteiger partial charge < -0.3 is 24.5 Å². The van der Waals surface area contributed by atoms with Gasteiger partial charge in [-0.1, -0.05) is 24.7 Å². The molecule has 7 heteroatoms. The Hall–Kier alpha value is -0.730. The van der Waals surface area contributed by atoms with E-state index in [4.69, 9.17) is 14.2 Å². The first-order valence-corrected chi connectivity index (χ1v) is 8.31. The Morgan fingerprint density at radius 2 is 1.76 bits per heavy atom. The highest BCUT2D eigenvalue weighted by Gasteiger charge is 1.96. The fourth-order valence-corrected chi connectivity index (χ4v) is 2.14. The van der Waals surface area contributed by atoms with E-state index in [1.807, 2.05) is 5.38 Å². The Labute approximate surface area is 129 Å². The molecule has 0 bridgehead atoms. The number of nitrogens with one attached hydrogen (secondary N) is 2.